The van der Waals surface area contributed by atoms with E-state index >= 15 is 0 Å². The smallest absolute Gasteiger partial charge is 0.00721 e. The van der Waals surface area contributed by atoms with Crippen molar-refractivity contribution >= 4 is 11.8 Å². The topological polar surface area (TPSA) is 15.3 Å². The van der Waals surface area contributed by atoms with Gasteiger partial charge in [-0.05, 0) is 44.3 Å². The normalized spacial score (nSPS) is 11.6. The van der Waals surface area contributed by atoms with Crippen molar-refractivity contribution in [3.05, 3.63) is 0 Å². The van der Waals surface area contributed by atoms with Crippen LogP contribution in [0.3, 0.4) is 0 Å². The maximum atomic E-state index is 3.48. The van der Waals surface area contributed by atoms with Crippen molar-refractivity contribution in [1.29, 1.82) is 0 Å². The lowest BCUT2D eigenvalue weighted by molar-refractivity contribution is 0.324. The molecule has 0 aromatic rings. The number of rotatable bonds is 11. The van der Waals surface area contributed by atoms with Gasteiger partial charge in [0.05, 0.1) is 0 Å². The van der Waals surface area contributed by atoms with E-state index in [2.05, 4.69) is 49.7 Å². The standard InChI is InChI=1S/C13H30N2S/c1-5-15(6-2)9-11-16-10-7-8-14-12-13(3)4/h13-14H,5-12H2,1-4H3. The van der Waals surface area contributed by atoms with E-state index in [1.807, 2.05) is 0 Å². The molecule has 0 unspecified atom stereocenters. The van der Waals surface area contributed by atoms with Gasteiger partial charge in [0.15, 0.2) is 0 Å². The monoisotopic (exact) mass is 246 g/mol. The highest BCUT2D eigenvalue weighted by Crippen LogP contribution is 2.03. The fourth-order valence-electron chi connectivity index (χ4n) is 1.53. The van der Waals surface area contributed by atoms with E-state index in [1.165, 1.54) is 44.1 Å². The van der Waals surface area contributed by atoms with Gasteiger partial charge in [0.2, 0.25) is 0 Å². The quantitative estimate of drug-likeness (QED) is 0.564. The van der Waals surface area contributed by atoms with Crippen molar-refractivity contribution in [2.75, 3.05) is 44.2 Å². The third kappa shape index (κ3) is 10.8. The molecule has 0 rings (SSSR count). The van der Waals surface area contributed by atoms with Crippen LogP contribution in [0.15, 0.2) is 0 Å². The number of hydrogen-bond donors (Lipinski definition) is 1. The first kappa shape index (κ1) is 16.3. The molecule has 3 heteroatoms. The van der Waals surface area contributed by atoms with E-state index in [1.54, 1.807) is 0 Å². The van der Waals surface area contributed by atoms with E-state index < -0.39 is 0 Å². The molecule has 0 aromatic heterocycles. The number of nitrogens with one attached hydrogen (secondary N) is 1. The van der Waals surface area contributed by atoms with Gasteiger partial charge in [-0.2, -0.15) is 11.8 Å². The van der Waals surface area contributed by atoms with Crippen LogP contribution in [0.25, 0.3) is 0 Å². The van der Waals surface area contributed by atoms with Gasteiger partial charge in [-0.25, -0.2) is 0 Å². The molecule has 2 nitrogen and oxygen atoms in total. The predicted molar refractivity (Wildman–Crippen MR) is 77.4 cm³/mol. The van der Waals surface area contributed by atoms with Crippen molar-refractivity contribution in [2.45, 2.75) is 34.1 Å². The molecular formula is C13H30N2S. The highest BCUT2D eigenvalue weighted by atomic mass is 32.2. The maximum absolute atomic E-state index is 3.48. The van der Waals surface area contributed by atoms with E-state index in [0.29, 0.717) is 0 Å². The van der Waals surface area contributed by atoms with Gasteiger partial charge < -0.3 is 10.2 Å². The summed E-state index contributed by atoms with van der Waals surface area (Å²) in [5.41, 5.74) is 0. The SMILES string of the molecule is CCN(CC)CCSCCCNCC(C)C. The van der Waals surface area contributed by atoms with Gasteiger partial charge in [0.1, 0.15) is 0 Å². The van der Waals surface area contributed by atoms with Gasteiger partial charge in [-0.3, -0.25) is 0 Å². The number of hydrogen-bond acceptors (Lipinski definition) is 3. The molecule has 0 aromatic carbocycles. The fourth-order valence-corrected chi connectivity index (χ4v) is 2.47. The number of nitrogens with zero attached hydrogens (tertiary/aromatic N) is 1. The largest absolute Gasteiger partial charge is 0.316 e. The van der Waals surface area contributed by atoms with Crippen LogP contribution in [0, 0.1) is 5.92 Å². The Morgan fingerprint density at radius 3 is 2.38 bits per heavy atom. The zero-order chi connectivity index (χ0) is 12.2. The minimum Gasteiger partial charge on any atom is -0.316 e. The van der Waals surface area contributed by atoms with E-state index in [9.17, 15) is 0 Å². The van der Waals surface area contributed by atoms with Crippen molar-refractivity contribution in [3.63, 3.8) is 0 Å². The average molecular weight is 246 g/mol. The minimum atomic E-state index is 0.773. The second kappa shape index (κ2) is 11.7. The summed E-state index contributed by atoms with van der Waals surface area (Å²) >= 11 is 2.09. The second-order valence-corrected chi connectivity index (χ2v) is 5.82. The summed E-state index contributed by atoms with van der Waals surface area (Å²) in [5.74, 6) is 3.36. The van der Waals surface area contributed by atoms with Crippen molar-refractivity contribution in [2.24, 2.45) is 5.92 Å². The third-order valence-electron chi connectivity index (χ3n) is 2.64. The van der Waals surface area contributed by atoms with Crippen LogP contribution >= 0.6 is 11.8 Å². The Hall–Kier alpha value is 0.270. The molecule has 0 bridgehead atoms. The van der Waals surface area contributed by atoms with Gasteiger partial charge >= 0.3 is 0 Å². The van der Waals surface area contributed by atoms with Crippen molar-refractivity contribution in [3.8, 4) is 0 Å². The van der Waals surface area contributed by atoms with Crippen LogP contribution in [0.1, 0.15) is 34.1 Å². The van der Waals surface area contributed by atoms with Gasteiger partial charge in [-0.15, -0.1) is 0 Å². The molecule has 0 atom stereocenters. The Labute approximate surface area is 107 Å². The second-order valence-electron chi connectivity index (χ2n) is 4.59. The van der Waals surface area contributed by atoms with Gasteiger partial charge in [-0.1, -0.05) is 27.7 Å². The summed E-state index contributed by atoms with van der Waals surface area (Å²) in [6.07, 6.45) is 1.30. The summed E-state index contributed by atoms with van der Waals surface area (Å²) < 4.78 is 0. The Morgan fingerprint density at radius 1 is 1.12 bits per heavy atom. The first-order valence-electron chi connectivity index (χ1n) is 6.71. The lowest BCUT2D eigenvalue weighted by Gasteiger charge is -2.17. The molecule has 0 amide bonds. The maximum Gasteiger partial charge on any atom is 0.00721 e. The Balaban J connectivity index is 3.09. The lowest BCUT2D eigenvalue weighted by atomic mass is 10.2. The summed E-state index contributed by atoms with van der Waals surface area (Å²) in [7, 11) is 0. The predicted octanol–water partition coefficient (Wildman–Crippen LogP) is 2.70. The molecule has 16 heavy (non-hydrogen) atoms. The van der Waals surface area contributed by atoms with E-state index in [-0.39, 0.29) is 0 Å². The average Bonchev–Trinajstić information content (AvgIpc) is 2.27. The summed E-state index contributed by atoms with van der Waals surface area (Å²) in [4.78, 5) is 2.49. The minimum absolute atomic E-state index is 0.773. The summed E-state index contributed by atoms with van der Waals surface area (Å²) in [6, 6.07) is 0. The highest BCUT2D eigenvalue weighted by Gasteiger charge is 1.98. The van der Waals surface area contributed by atoms with Crippen LogP contribution in [-0.4, -0.2) is 49.1 Å². The van der Waals surface area contributed by atoms with Crippen LogP contribution < -0.4 is 5.32 Å². The molecular weight excluding hydrogens is 216 g/mol. The Kier molecular flexibility index (Phi) is 11.9. The number of thioether (sulfide) groups is 1. The van der Waals surface area contributed by atoms with Crippen molar-refractivity contribution < 1.29 is 0 Å². The van der Waals surface area contributed by atoms with Crippen molar-refractivity contribution in [1.82, 2.24) is 10.2 Å². The third-order valence-corrected chi connectivity index (χ3v) is 3.69. The molecule has 0 fully saturated rings. The summed E-state index contributed by atoms with van der Waals surface area (Å²) in [5, 5.41) is 3.48. The molecule has 0 saturated carbocycles. The molecule has 0 spiro atoms. The molecule has 0 aliphatic heterocycles. The van der Waals surface area contributed by atoms with Crippen LogP contribution in [0.5, 0.6) is 0 Å². The zero-order valence-corrected chi connectivity index (χ0v) is 12.4. The fraction of sp³-hybridized carbons (Fsp3) is 1.00. The lowest BCUT2D eigenvalue weighted by Crippen LogP contribution is -2.25. The molecule has 0 heterocycles. The Morgan fingerprint density at radius 2 is 1.81 bits per heavy atom. The van der Waals surface area contributed by atoms with Crippen LogP contribution in [0.2, 0.25) is 0 Å². The summed E-state index contributed by atoms with van der Waals surface area (Å²) in [6.45, 7) is 14.9. The molecule has 0 saturated heterocycles. The molecule has 0 radical (unpaired) electrons. The van der Waals surface area contributed by atoms with Gasteiger partial charge in [0.25, 0.3) is 0 Å². The van der Waals surface area contributed by atoms with Gasteiger partial charge in [0, 0.05) is 12.3 Å². The molecule has 0 aliphatic carbocycles. The molecule has 1 N–H and O–H groups in total. The molecule has 98 valence electrons. The van der Waals surface area contributed by atoms with E-state index in [4.69, 9.17) is 0 Å². The first-order chi connectivity index (χ1) is 7.70. The molecule has 0 aliphatic rings. The van der Waals surface area contributed by atoms with Crippen LogP contribution in [-0.2, 0) is 0 Å². The Bertz CT molecular complexity index is 136. The first-order valence-corrected chi connectivity index (χ1v) is 7.87. The highest BCUT2D eigenvalue weighted by molar-refractivity contribution is 7.99. The van der Waals surface area contributed by atoms with Crippen LogP contribution in [0.4, 0.5) is 0 Å². The zero-order valence-electron chi connectivity index (χ0n) is 11.6. The van der Waals surface area contributed by atoms with E-state index in [0.717, 1.165) is 12.5 Å².